The second-order valence-corrected chi connectivity index (χ2v) is 4.59. The Morgan fingerprint density at radius 3 is 2.84 bits per heavy atom. The molecule has 1 heterocycles. The van der Waals surface area contributed by atoms with Gasteiger partial charge in [-0.15, -0.1) is 0 Å². The van der Waals surface area contributed by atoms with Gasteiger partial charge in [-0.25, -0.2) is 10.8 Å². The maximum Gasteiger partial charge on any atom is 0.274 e. The molecule has 7 heteroatoms. The van der Waals surface area contributed by atoms with Crippen molar-refractivity contribution in [1.29, 1.82) is 0 Å². The Hall–Kier alpha value is -1.73. The fourth-order valence-electron chi connectivity index (χ4n) is 2.46. The third kappa shape index (κ3) is 3.18. The zero-order valence-electron chi connectivity index (χ0n) is 10.7. The molecule has 4 N–H and O–H groups in total. The molecule has 0 radical (unpaired) electrons. The van der Waals surface area contributed by atoms with E-state index in [1.807, 2.05) is 0 Å². The van der Waals surface area contributed by atoms with Crippen LogP contribution in [0.5, 0.6) is 0 Å². The van der Waals surface area contributed by atoms with E-state index in [9.17, 15) is 4.79 Å². The molecule has 1 aliphatic rings. The number of anilines is 1. The number of nitrogens with one attached hydrogen (secondary N) is 1. The number of carbonyl (C=O) groups is 1. The van der Waals surface area contributed by atoms with Crippen LogP contribution in [0.4, 0.5) is 5.82 Å². The van der Waals surface area contributed by atoms with Gasteiger partial charge in [-0.05, 0) is 12.8 Å². The topological polar surface area (TPSA) is 104 Å². The molecule has 0 spiro atoms. The normalized spacial score (nSPS) is 15.5. The highest BCUT2D eigenvalue weighted by molar-refractivity contribution is 5.92. The molecule has 1 aromatic rings. The van der Waals surface area contributed by atoms with E-state index in [4.69, 9.17) is 10.9 Å². The number of aliphatic hydroxyl groups is 1. The average molecular weight is 265 g/mol. The van der Waals surface area contributed by atoms with Crippen molar-refractivity contribution in [2.75, 3.05) is 18.6 Å². The van der Waals surface area contributed by atoms with Crippen molar-refractivity contribution in [3.8, 4) is 0 Å². The molecule has 7 nitrogen and oxygen atoms in total. The first-order chi connectivity index (χ1) is 9.26. The van der Waals surface area contributed by atoms with Crippen molar-refractivity contribution < 1.29 is 9.90 Å². The lowest BCUT2D eigenvalue weighted by atomic mass is 10.2. The number of rotatable bonds is 5. The Labute approximate surface area is 111 Å². The van der Waals surface area contributed by atoms with Crippen molar-refractivity contribution >= 4 is 11.7 Å². The minimum absolute atomic E-state index is 0.0511. The van der Waals surface area contributed by atoms with E-state index in [-0.39, 0.29) is 24.2 Å². The van der Waals surface area contributed by atoms with Crippen LogP contribution in [-0.4, -0.2) is 45.1 Å². The number of aliphatic hydroxyl groups excluding tert-OH is 1. The molecular weight excluding hydrogens is 246 g/mol. The van der Waals surface area contributed by atoms with Crippen molar-refractivity contribution in [2.45, 2.75) is 31.7 Å². The summed E-state index contributed by atoms with van der Waals surface area (Å²) in [5.41, 5.74) is 2.62. The van der Waals surface area contributed by atoms with Crippen LogP contribution in [0.2, 0.25) is 0 Å². The molecule has 1 aromatic heterocycles. The summed E-state index contributed by atoms with van der Waals surface area (Å²) in [5, 5.41) is 9.13. The van der Waals surface area contributed by atoms with Gasteiger partial charge in [0.25, 0.3) is 5.91 Å². The number of nitrogens with zero attached hydrogens (tertiary/aromatic N) is 3. The fourth-order valence-corrected chi connectivity index (χ4v) is 2.46. The lowest BCUT2D eigenvalue weighted by Gasteiger charge is -2.27. The van der Waals surface area contributed by atoms with Gasteiger partial charge in [0.15, 0.2) is 5.82 Å². The zero-order valence-corrected chi connectivity index (χ0v) is 10.7. The number of amides is 1. The number of nitrogen functional groups attached to an aromatic ring is 1. The number of aromatic nitrogens is 2. The maximum absolute atomic E-state index is 12.4. The van der Waals surface area contributed by atoms with Crippen LogP contribution in [-0.2, 0) is 0 Å². The predicted molar refractivity (Wildman–Crippen MR) is 70.2 cm³/mol. The van der Waals surface area contributed by atoms with Gasteiger partial charge in [0.2, 0.25) is 0 Å². The smallest absolute Gasteiger partial charge is 0.274 e. The van der Waals surface area contributed by atoms with Crippen molar-refractivity contribution in [2.24, 2.45) is 5.84 Å². The van der Waals surface area contributed by atoms with Gasteiger partial charge in [-0.3, -0.25) is 9.78 Å². The molecule has 0 saturated heterocycles. The molecular formula is C12H19N5O2. The van der Waals surface area contributed by atoms with Gasteiger partial charge in [-0.2, -0.15) is 0 Å². The largest absolute Gasteiger partial charge is 0.395 e. The summed E-state index contributed by atoms with van der Waals surface area (Å²) in [6, 6.07) is 0.191. The molecule has 104 valence electrons. The minimum atomic E-state index is -0.203. The monoisotopic (exact) mass is 265 g/mol. The zero-order chi connectivity index (χ0) is 13.7. The molecule has 1 fully saturated rings. The van der Waals surface area contributed by atoms with E-state index in [1.54, 1.807) is 4.90 Å². The molecule has 1 saturated carbocycles. The minimum Gasteiger partial charge on any atom is -0.395 e. The van der Waals surface area contributed by atoms with E-state index >= 15 is 0 Å². The third-order valence-electron chi connectivity index (χ3n) is 3.37. The van der Waals surface area contributed by atoms with Crippen molar-refractivity contribution in [1.82, 2.24) is 14.9 Å². The van der Waals surface area contributed by atoms with E-state index in [0.717, 1.165) is 25.7 Å². The summed E-state index contributed by atoms with van der Waals surface area (Å²) < 4.78 is 0. The Morgan fingerprint density at radius 2 is 2.21 bits per heavy atom. The van der Waals surface area contributed by atoms with Crippen LogP contribution in [0, 0.1) is 0 Å². The van der Waals surface area contributed by atoms with Crippen LogP contribution in [0.25, 0.3) is 0 Å². The first-order valence-electron chi connectivity index (χ1n) is 6.46. The number of hydrazine groups is 1. The maximum atomic E-state index is 12.4. The fraction of sp³-hybridized carbons (Fsp3) is 0.583. The SMILES string of the molecule is NNc1cncc(C(=O)N(CCO)C2CCCC2)n1. The summed E-state index contributed by atoms with van der Waals surface area (Å²) in [6.07, 6.45) is 7.07. The van der Waals surface area contributed by atoms with Crippen LogP contribution < -0.4 is 11.3 Å². The Morgan fingerprint density at radius 1 is 1.47 bits per heavy atom. The molecule has 1 aliphatic carbocycles. The van der Waals surface area contributed by atoms with Crippen LogP contribution in [0.1, 0.15) is 36.2 Å². The van der Waals surface area contributed by atoms with Gasteiger partial charge in [0.1, 0.15) is 5.69 Å². The third-order valence-corrected chi connectivity index (χ3v) is 3.37. The molecule has 1 amide bonds. The second kappa shape index (κ2) is 6.44. The van der Waals surface area contributed by atoms with Gasteiger partial charge in [-0.1, -0.05) is 12.8 Å². The van der Waals surface area contributed by atoms with Gasteiger partial charge >= 0.3 is 0 Å². The standard InChI is InChI=1S/C12H19N5O2/c13-16-11-8-14-7-10(15-11)12(19)17(5-6-18)9-3-1-2-4-9/h7-9,18H,1-6,13H2,(H,15,16). The lowest BCUT2D eigenvalue weighted by molar-refractivity contribution is 0.0631. The van der Waals surface area contributed by atoms with Crippen LogP contribution in [0.15, 0.2) is 12.4 Å². The average Bonchev–Trinajstić information content (AvgIpc) is 2.98. The summed E-state index contributed by atoms with van der Waals surface area (Å²) in [6.45, 7) is 0.274. The highest BCUT2D eigenvalue weighted by Gasteiger charge is 2.27. The Bertz CT molecular complexity index is 434. The van der Waals surface area contributed by atoms with Gasteiger partial charge < -0.3 is 15.4 Å². The van der Waals surface area contributed by atoms with E-state index in [1.165, 1.54) is 12.4 Å². The van der Waals surface area contributed by atoms with Crippen molar-refractivity contribution in [3.63, 3.8) is 0 Å². The summed E-state index contributed by atoms with van der Waals surface area (Å²) in [5.74, 6) is 5.40. The summed E-state index contributed by atoms with van der Waals surface area (Å²) in [7, 11) is 0. The molecule has 0 aromatic carbocycles. The number of hydrogen-bond donors (Lipinski definition) is 3. The Balaban J connectivity index is 2.17. The molecule has 0 aliphatic heterocycles. The van der Waals surface area contributed by atoms with Crippen LogP contribution >= 0.6 is 0 Å². The lowest BCUT2D eigenvalue weighted by Crippen LogP contribution is -2.41. The van der Waals surface area contributed by atoms with Gasteiger partial charge in [0.05, 0.1) is 19.0 Å². The quantitative estimate of drug-likeness (QED) is 0.516. The van der Waals surface area contributed by atoms with E-state index in [2.05, 4.69) is 15.4 Å². The molecule has 0 unspecified atom stereocenters. The number of hydrogen-bond acceptors (Lipinski definition) is 6. The second-order valence-electron chi connectivity index (χ2n) is 4.59. The first kappa shape index (κ1) is 13.7. The molecule has 2 rings (SSSR count). The number of nitrogens with two attached hydrogens (primary N) is 1. The highest BCUT2D eigenvalue weighted by Crippen LogP contribution is 2.24. The van der Waals surface area contributed by atoms with Gasteiger partial charge in [0, 0.05) is 12.6 Å². The highest BCUT2D eigenvalue weighted by atomic mass is 16.3. The molecule has 0 atom stereocenters. The van der Waals surface area contributed by atoms with E-state index < -0.39 is 0 Å². The summed E-state index contributed by atoms with van der Waals surface area (Å²) in [4.78, 5) is 22.2. The number of carbonyl (C=O) groups excluding carboxylic acids is 1. The van der Waals surface area contributed by atoms with Crippen LogP contribution in [0.3, 0.4) is 0 Å². The van der Waals surface area contributed by atoms with Crippen molar-refractivity contribution in [3.05, 3.63) is 18.1 Å². The summed E-state index contributed by atoms with van der Waals surface area (Å²) >= 11 is 0. The predicted octanol–water partition coefficient (Wildman–Crippen LogP) is 0.139. The molecule has 0 bridgehead atoms. The van der Waals surface area contributed by atoms with E-state index in [0.29, 0.717) is 12.4 Å². The molecule has 19 heavy (non-hydrogen) atoms. The first-order valence-corrected chi connectivity index (χ1v) is 6.46. The Kier molecular flexibility index (Phi) is 4.64.